The fourth-order valence-corrected chi connectivity index (χ4v) is 2.52. The predicted molar refractivity (Wildman–Crippen MR) is 63.1 cm³/mol. The molecule has 0 spiro atoms. The Morgan fingerprint density at radius 3 is 2.71 bits per heavy atom. The molecule has 0 N–H and O–H groups in total. The minimum absolute atomic E-state index is 0.649. The van der Waals surface area contributed by atoms with Gasteiger partial charge in [0.25, 0.3) is 0 Å². The van der Waals surface area contributed by atoms with E-state index in [-0.39, 0.29) is 0 Å². The van der Waals surface area contributed by atoms with Crippen molar-refractivity contribution < 1.29 is 9.53 Å². The van der Waals surface area contributed by atoms with Crippen LogP contribution in [-0.4, -0.2) is 13.4 Å². The first-order valence-electron chi connectivity index (χ1n) is 4.59. The molecule has 1 aromatic rings. The van der Waals surface area contributed by atoms with E-state index in [0.29, 0.717) is 11.5 Å². The van der Waals surface area contributed by atoms with Crippen molar-refractivity contribution in [1.82, 2.24) is 0 Å². The number of halogens is 1. The average molecular weight is 302 g/mol. The third-order valence-corrected chi connectivity index (χ3v) is 3.62. The second-order valence-corrected chi connectivity index (χ2v) is 4.60. The highest BCUT2D eigenvalue weighted by Crippen LogP contribution is 2.44. The van der Waals surface area contributed by atoms with E-state index < -0.39 is 0 Å². The van der Waals surface area contributed by atoms with Crippen molar-refractivity contribution in [3.8, 4) is 5.75 Å². The Balaban J connectivity index is 2.50. The molecule has 0 aromatic heterocycles. The summed E-state index contributed by atoms with van der Waals surface area (Å²) in [4.78, 5) is 10.7. The molecular weight excluding hydrogens is 291 g/mol. The Bertz CT molecular complexity index is 370. The summed E-state index contributed by atoms with van der Waals surface area (Å²) in [6.07, 6.45) is 3.35. The van der Waals surface area contributed by atoms with Gasteiger partial charge in [0.05, 0.1) is 10.7 Å². The Labute approximate surface area is 96.8 Å². The van der Waals surface area contributed by atoms with Crippen LogP contribution in [0.2, 0.25) is 0 Å². The predicted octanol–water partition coefficient (Wildman–Crippen LogP) is 2.99. The smallest absolute Gasteiger partial charge is 0.150 e. The van der Waals surface area contributed by atoms with E-state index in [1.165, 1.54) is 18.4 Å². The van der Waals surface area contributed by atoms with Crippen LogP contribution in [0.25, 0.3) is 0 Å². The van der Waals surface area contributed by atoms with Gasteiger partial charge >= 0.3 is 0 Å². The molecule has 0 atom stereocenters. The van der Waals surface area contributed by atoms with Gasteiger partial charge in [-0.25, -0.2) is 0 Å². The Morgan fingerprint density at radius 2 is 2.21 bits per heavy atom. The molecule has 0 saturated heterocycles. The van der Waals surface area contributed by atoms with Crippen molar-refractivity contribution in [3.63, 3.8) is 0 Å². The third-order valence-electron chi connectivity index (χ3n) is 2.46. The van der Waals surface area contributed by atoms with Gasteiger partial charge < -0.3 is 4.74 Å². The molecule has 2 rings (SSSR count). The van der Waals surface area contributed by atoms with E-state index in [1.54, 1.807) is 13.2 Å². The van der Waals surface area contributed by atoms with E-state index in [2.05, 4.69) is 22.6 Å². The standard InChI is InChI=1S/C11H11IO2/c1-14-10-5-7(6-13)4-9(11(10)12)8-2-3-8/h4-6,8H,2-3H2,1H3. The SMILES string of the molecule is COc1cc(C=O)cc(C2CC2)c1I. The van der Waals surface area contributed by atoms with Crippen LogP contribution < -0.4 is 4.74 Å². The van der Waals surface area contributed by atoms with Crippen LogP contribution in [0.3, 0.4) is 0 Å². The van der Waals surface area contributed by atoms with E-state index in [4.69, 9.17) is 4.74 Å². The van der Waals surface area contributed by atoms with Gasteiger partial charge in [0.15, 0.2) is 0 Å². The van der Waals surface area contributed by atoms with Gasteiger partial charge in [-0.05, 0) is 59.0 Å². The largest absolute Gasteiger partial charge is 0.496 e. The maximum Gasteiger partial charge on any atom is 0.150 e. The molecule has 0 bridgehead atoms. The lowest BCUT2D eigenvalue weighted by atomic mass is 10.1. The normalized spacial score (nSPS) is 15.3. The molecule has 1 saturated carbocycles. The molecular formula is C11H11IO2. The maximum absolute atomic E-state index is 10.7. The molecule has 0 amide bonds. The summed E-state index contributed by atoms with van der Waals surface area (Å²) in [5, 5.41) is 0. The Kier molecular flexibility index (Phi) is 2.76. The zero-order valence-electron chi connectivity index (χ0n) is 7.92. The lowest BCUT2D eigenvalue weighted by Gasteiger charge is -2.09. The summed E-state index contributed by atoms with van der Waals surface area (Å²) >= 11 is 2.29. The van der Waals surface area contributed by atoms with Crippen molar-refractivity contribution in [2.75, 3.05) is 7.11 Å². The molecule has 0 heterocycles. The average Bonchev–Trinajstić information content (AvgIpc) is 3.02. The van der Waals surface area contributed by atoms with Crippen LogP contribution in [0.5, 0.6) is 5.75 Å². The number of carbonyl (C=O) groups excluding carboxylic acids is 1. The topological polar surface area (TPSA) is 26.3 Å². The molecule has 1 fully saturated rings. The highest BCUT2D eigenvalue weighted by Gasteiger charge is 2.27. The van der Waals surface area contributed by atoms with Gasteiger partial charge in [-0.2, -0.15) is 0 Å². The molecule has 1 aliphatic carbocycles. The van der Waals surface area contributed by atoms with Gasteiger partial charge in [0, 0.05) is 5.56 Å². The molecule has 2 nitrogen and oxygen atoms in total. The van der Waals surface area contributed by atoms with Crippen LogP contribution in [0.4, 0.5) is 0 Å². The van der Waals surface area contributed by atoms with E-state index in [0.717, 1.165) is 15.6 Å². The lowest BCUT2D eigenvalue weighted by molar-refractivity contribution is 0.112. The second kappa shape index (κ2) is 3.88. The molecule has 14 heavy (non-hydrogen) atoms. The maximum atomic E-state index is 10.7. The number of hydrogen-bond acceptors (Lipinski definition) is 2. The minimum Gasteiger partial charge on any atom is -0.496 e. The van der Waals surface area contributed by atoms with Crippen LogP contribution >= 0.6 is 22.6 Å². The molecule has 1 aromatic carbocycles. The van der Waals surface area contributed by atoms with Gasteiger partial charge in [-0.3, -0.25) is 4.79 Å². The first kappa shape index (κ1) is 9.96. The first-order valence-corrected chi connectivity index (χ1v) is 5.66. The van der Waals surface area contributed by atoms with Crippen LogP contribution in [0.15, 0.2) is 12.1 Å². The van der Waals surface area contributed by atoms with Crippen LogP contribution in [-0.2, 0) is 0 Å². The van der Waals surface area contributed by atoms with Gasteiger partial charge in [0.2, 0.25) is 0 Å². The number of aldehydes is 1. The van der Waals surface area contributed by atoms with E-state index in [1.807, 2.05) is 6.07 Å². The summed E-state index contributed by atoms with van der Waals surface area (Å²) in [6.45, 7) is 0. The fourth-order valence-electron chi connectivity index (χ4n) is 1.55. The van der Waals surface area contributed by atoms with Crippen molar-refractivity contribution in [2.24, 2.45) is 0 Å². The van der Waals surface area contributed by atoms with Crippen LogP contribution in [0, 0.1) is 3.57 Å². The minimum atomic E-state index is 0.649. The number of ether oxygens (including phenoxy) is 1. The molecule has 0 radical (unpaired) electrons. The quantitative estimate of drug-likeness (QED) is 0.634. The first-order chi connectivity index (χ1) is 6.76. The van der Waals surface area contributed by atoms with Crippen LogP contribution in [0.1, 0.15) is 34.7 Å². The molecule has 1 aliphatic rings. The van der Waals surface area contributed by atoms with Crippen molar-refractivity contribution >= 4 is 28.9 Å². The zero-order valence-corrected chi connectivity index (χ0v) is 10.1. The number of carbonyl (C=O) groups is 1. The van der Waals surface area contributed by atoms with Crippen molar-refractivity contribution in [3.05, 3.63) is 26.8 Å². The summed E-state index contributed by atoms with van der Waals surface area (Å²) in [5.41, 5.74) is 1.98. The van der Waals surface area contributed by atoms with Gasteiger partial charge in [0.1, 0.15) is 12.0 Å². The zero-order chi connectivity index (χ0) is 10.1. The highest BCUT2D eigenvalue weighted by atomic mass is 127. The monoisotopic (exact) mass is 302 g/mol. The Hall–Kier alpha value is -0.580. The van der Waals surface area contributed by atoms with Gasteiger partial charge in [-0.15, -0.1) is 0 Å². The molecule has 0 aliphatic heterocycles. The second-order valence-electron chi connectivity index (χ2n) is 3.52. The number of benzene rings is 1. The Morgan fingerprint density at radius 1 is 1.50 bits per heavy atom. The number of rotatable bonds is 3. The van der Waals surface area contributed by atoms with E-state index >= 15 is 0 Å². The number of methoxy groups -OCH3 is 1. The molecule has 3 heteroatoms. The summed E-state index contributed by atoms with van der Waals surface area (Å²) < 4.78 is 6.39. The third kappa shape index (κ3) is 1.78. The summed E-state index contributed by atoms with van der Waals surface area (Å²) in [6, 6.07) is 3.77. The van der Waals surface area contributed by atoms with Crippen molar-refractivity contribution in [2.45, 2.75) is 18.8 Å². The van der Waals surface area contributed by atoms with Crippen molar-refractivity contribution in [1.29, 1.82) is 0 Å². The molecule has 0 unspecified atom stereocenters. The summed E-state index contributed by atoms with van der Waals surface area (Å²) in [5.74, 6) is 1.47. The summed E-state index contributed by atoms with van der Waals surface area (Å²) in [7, 11) is 1.64. The highest BCUT2D eigenvalue weighted by molar-refractivity contribution is 14.1. The number of hydrogen-bond donors (Lipinski definition) is 0. The molecule has 74 valence electrons. The van der Waals surface area contributed by atoms with E-state index in [9.17, 15) is 4.79 Å². The lowest BCUT2D eigenvalue weighted by Crippen LogP contribution is -1.95. The fraction of sp³-hybridized carbons (Fsp3) is 0.364. The van der Waals surface area contributed by atoms with Gasteiger partial charge in [-0.1, -0.05) is 0 Å².